The van der Waals surface area contributed by atoms with E-state index in [0.717, 1.165) is 30.1 Å². The third-order valence-corrected chi connectivity index (χ3v) is 5.36. The van der Waals surface area contributed by atoms with Gasteiger partial charge < -0.3 is 14.5 Å². The van der Waals surface area contributed by atoms with Crippen molar-refractivity contribution in [3.8, 4) is 5.75 Å². The molecule has 0 aromatic heterocycles. The maximum Gasteiger partial charge on any atom is 0.253 e. The predicted octanol–water partition coefficient (Wildman–Crippen LogP) is 2.93. The molecule has 1 aliphatic heterocycles. The molecule has 2 aromatic carbocycles. The minimum atomic E-state index is -0.916. The Morgan fingerprint density at radius 3 is 2.52 bits per heavy atom. The number of carbonyl (C=O) groups is 1. The molecule has 3 rings (SSSR count). The summed E-state index contributed by atoms with van der Waals surface area (Å²) in [5.41, 5.74) is 2.69. The van der Waals surface area contributed by atoms with Crippen molar-refractivity contribution >= 4 is 22.4 Å². The summed E-state index contributed by atoms with van der Waals surface area (Å²) in [4.78, 5) is 17.0. The van der Waals surface area contributed by atoms with Gasteiger partial charge in [-0.05, 0) is 36.8 Å². The van der Waals surface area contributed by atoms with Gasteiger partial charge in [-0.2, -0.15) is 0 Å². The number of carbonyl (C=O) groups excluding carboxylic acids is 1. The van der Waals surface area contributed by atoms with Crippen molar-refractivity contribution in [3.63, 3.8) is 0 Å². The van der Waals surface area contributed by atoms with E-state index in [0.29, 0.717) is 31.0 Å². The average Bonchev–Trinajstić information content (AvgIpc) is 2.68. The van der Waals surface area contributed by atoms with Crippen LogP contribution in [0.2, 0.25) is 0 Å². The fourth-order valence-corrected chi connectivity index (χ4v) is 4.01. The molecule has 0 spiro atoms. The highest BCUT2D eigenvalue weighted by Crippen LogP contribution is 2.29. The molecule has 5 nitrogen and oxygen atoms in total. The summed E-state index contributed by atoms with van der Waals surface area (Å²) in [6.07, 6.45) is 1.67. The summed E-state index contributed by atoms with van der Waals surface area (Å²) in [6.45, 7) is 5.50. The van der Waals surface area contributed by atoms with Gasteiger partial charge in [0.2, 0.25) is 0 Å². The van der Waals surface area contributed by atoms with Crippen LogP contribution in [-0.4, -0.2) is 54.1 Å². The normalized spacial score (nSPS) is 15.5. The van der Waals surface area contributed by atoms with Gasteiger partial charge in [-0.25, -0.2) is 0 Å². The number of hydrogen-bond donors (Lipinski definition) is 0. The zero-order valence-corrected chi connectivity index (χ0v) is 16.7. The lowest BCUT2D eigenvalue weighted by Gasteiger charge is -2.36. The highest BCUT2D eigenvalue weighted by atomic mass is 32.2. The molecule has 27 heavy (non-hydrogen) atoms. The molecule has 1 amide bonds. The van der Waals surface area contributed by atoms with Crippen molar-refractivity contribution in [3.05, 3.63) is 59.7 Å². The van der Waals surface area contributed by atoms with Crippen molar-refractivity contribution < 1.29 is 13.7 Å². The van der Waals surface area contributed by atoms with Gasteiger partial charge in [0.15, 0.2) is 0 Å². The largest absolute Gasteiger partial charge is 0.492 e. The van der Waals surface area contributed by atoms with Crippen LogP contribution in [0.5, 0.6) is 5.75 Å². The Bertz CT molecular complexity index is 817. The number of piperazine rings is 1. The fraction of sp³-hybridized carbons (Fsp3) is 0.381. The maximum absolute atomic E-state index is 12.9. The molecule has 144 valence electrons. The Labute approximate surface area is 163 Å². The Morgan fingerprint density at radius 1 is 1.07 bits per heavy atom. The Morgan fingerprint density at radius 2 is 1.81 bits per heavy atom. The van der Waals surface area contributed by atoms with Crippen LogP contribution in [0.4, 0.5) is 5.69 Å². The SMILES string of the molecule is CCOc1ccccc1N1CCN(C(=O)c2cccc(CS(C)=O)c2)CC1. The van der Waals surface area contributed by atoms with E-state index >= 15 is 0 Å². The molecular weight excluding hydrogens is 360 g/mol. The van der Waals surface area contributed by atoms with Crippen LogP contribution in [0, 0.1) is 0 Å². The van der Waals surface area contributed by atoms with E-state index in [2.05, 4.69) is 11.0 Å². The summed E-state index contributed by atoms with van der Waals surface area (Å²) in [5.74, 6) is 1.40. The second kappa shape index (κ2) is 9.04. The van der Waals surface area contributed by atoms with Gasteiger partial charge in [-0.15, -0.1) is 0 Å². The number of anilines is 1. The molecule has 1 atom stereocenters. The summed E-state index contributed by atoms with van der Waals surface area (Å²) in [5, 5.41) is 0. The number of nitrogens with zero attached hydrogens (tertiary/aromatic N) is 2. The van der Waals surface area contributed by atoms with E-state index in [1.165, 1.54) is 0 Å². The first-order valence-corrected chi connectivity index (χ1v) is 11.0. The van der Waals surface area contributed by atoms with Crippen LogP contribution in [0.3, 0.4) is 0 Å². The predicted molar refractivity (Wildman–Crippen MR) is 110 cm³/mol. The van der Waals surface area contributed by atoms with E-state index in [-0.39, 0.29) is 5.91 Å². The van der Waals surface area contributed by atoms with E-state index in [9.17, 15) is 9.00 Å². The molecule has 0 radical (unpaired) electrons. The number of benzene rings is 2. The van der Waals surface area contributed by atoms with Gasteiger partial charge in [-0.3, -0.25) is 9.00 Å². The van der Waals surface area contributed by atoms with Crippen molar-refractivity contribution in [2.45, 2.75) is 12.7 Å². The summed E-state index contributed by atoms with van der Waals surface area (Å²) in [7, 11) is -0.916. The molecular formula is C21H26N2O3S. The Kier molecular flexibility index (Phi) is 6.50. The van der Waals surface area contributed by atoms with Crippen LogP contribution < -0.4 is 9.64 Å². The second-order valence-corrected chi connectivity index (χ2v) is 8.03. The molecule has 1 aliphatic rings. The van der Waals surface area contributed by atoms with Crippen LogP contribution >= 0.6 is 0 Å². The zero-order chi connectivity index (χ0) is 19.2. The number of para-hydroxylation sites is 2. The maximum atomic E-state index is 12.9. The van der Waals surface area contributed by atoms with E-state index in [1.54, 1.807) is 6.26 Å². The zero-order valence-electron chi connectivity index (χ0n) is 15.9. The van der Waals surface area contributed by atoms with Crippen molar-refractivity contribution in [2.75, 3.05) is 43.9 Å². The summed E-state index contributed by atoms with van der Waals surface area (Å²) in [6, 6.07) is 15.5. The first kappa shape index (κ1) is 19.4. The van der Waals surface area contributed by atoms with Crippen LogP contribution in [0.1, 0.15) is 22.8 Å². The highest BCUT2D eigenvalue weighted by Gasteiger charge is 2.23. The monoisotopic (exact) mass is 386 g/mol. The van der Waals surface area contributed by atoms with Gasteiger partial charge >= 0.3 is 0 Å². The van der Waals surface area contributed by atoms with Gasteiger partial charge in [0.25, 0.3) is 5.91 Å². The van der Waals surface area contributed by atoms with Crippen molar-refractivity contribution in [1.82, 2.24) is 4.90 Å². The molecule has 6 heteroatoms. The number of amides is 1. The van der Waals surface area contributed by atoms with Crippen molar-refractivity contribution in [1.29, 1.82) is 0 Å². The molecule has 0 saturated carbocycles. The fourth-order valence-electron chi connectivity index (χ4n) is 3.36. The van der Waals surface area contributed by atoms with Gasteiger partial charge in [0.1, 0.15) is 5.75 Å². The third-order valence-electron chi connectivity index (χ3n) is 4.62. The molecule has 1 heterocycles. The van der Waals surface area contributed by atoms with Gasteiger partial charge in [0.05, 0.1) is 12.3 Å². The number of hydrogen-bond acceptors (Lipinski definition) is 4. The second-order valence-electron chi connectivity index (χ2n) is 6.60. The van der Waals surface area contributed by atoms with Crippen LogP contribution in [0.25, 0.3) is 0 Å². The minimum Gasteiger partial charge on any atom is -0.492 e. The number of rotatable bonds is 6. The molecule has 0 aliphatic carbocycles. The minimum absolute atomic E-state index is 0.0384. The number of ether oxygens (including phenoxy) is 1. The molecule has 1 unspecified atom stereocenters. The summed E-state index contributed by atoms with van der Waals surface area (Å²) < 4.78 is 17.2. The molecule has 1 fully saturated rings. The Hall–Kier alpha value is -2.34. The third kappa shape index (κ3) is 4.89. The lowest BCUT2D eigenvalue weighted by Crippen LogP contribution is -2.48. The quantitative estimate of drug-likeness (QED) is 0.766. The van der Waals surface area contributed by atoms with Crippen molar-refractivity contribution in [2.24, 2.45) is 0 Å². The smallest absolute Gasteiger partial charge is 0.253 e. The van der Waals surface area contributed by atoms with Gasteiger partial charge in [-0.1, -0.05) is 24.3 Å². The molecule has 2 aromatic rings. The highest BCUT2D eigenvalue weighted by molar-refractivity contribution is 7.83. The summed E-state index contributed by atoms with van der Waals surface area (Å²) >= 11 is 0. The first-order chi connectivity index (χ1) is 13.1. The van der Waals surface area contributed by atoms with E-state index in [1.807, 2.05) is 54.3 Å². The first-order valence-electron chi connectivity index (χ1n) is 9.23. The average molecular weight is 387 g/mol. The molecule has 1 saturated heterocycles. The molecule has 0 N–H and O–H groups in total. The van der Waals surface area contributed by atoms with E-state index in [4.69, 9.17) is 4.74 Å². The Balaban J connectivity index is 1.66. The standard InChI is InChI=1S/C21H26N2O3S/c1-3-26-20-10-5-4-9-19(20)22-11-13-23(14-12-22)21(24)18-8-6-7-17(15-18)16-27(2)25/h4-10,15H,3,11-14,16H2,1-2H3. The van der Waals surface area contributed by atoms with E-state index < -0.39 is 10.8 Å². The lowest BCUT2D eigenvalue weighted by molar-refractivity contribution is 0.0746. The molecule has 0 bridgehead atoms. The van der Waals surface area contributed by atoms with Crippen LogP contribution in [-0.2, 0) is 16.6 Å². The lowest BCUT2D eigenvalue weighted by atomic mass is 10.1. The topological polar surface area (TPSA) is 49.9 Å². The van der Waals surface area contributed by atoms with Crippen LogP contribution in [0.15, 0.2) is 48.5 Å². The van der Waals surface area contributed by atoms with Gasteiger partial charge in [0, 0.05) is 54.6 Å².